The Bertz CT molecular complexity index is 1300. The van der Waals surface area contributed by atoms with Crippen LogP contribution in [0.4, 0.5) is 18.9 Å². The van der Waals surface area contributed by atoms with Crippen LogP contribution in [0.5, 0.6) is 0 Å². The molecule has 4 nitrogen and oxygen atoms in total. The lowest BCUT2D eigenvalue weighted by molar-refractivity contribution is -0.186. The predicted octanol–water partition coefficient (Wildman–Crippen LogP) is 5.99. The average molecular weight is 472 g/mol. The molecule has 5 rings (SSSR count). The number of Topliss-reactive ketones (excluding diaryl/α,β-unsaturated/α-hetero) is 1. The van der Waals surface area contributed by atoms with E-state index in [-0.39, 0.29) is 22.6 Å². The molecule has 1 unspecified atom stereocenters. The van der Waals surface area contributed by atoms with Gasteiger partial charge in [-0.25, -0.2) is 4.98 Å². The highest BCUT2D eigenvalue weighted by Gasteiger charge is 2.65. The second-order valence-electron chi connectivity index (χ2n) is 6.97. The topological polar surface area (TPSA) is 46.9 Å². The molecule has 30 heavy (non-hydrogen) atoms. The van der Waals surface area contributed by atoms with Gasteiger partial charge in [-0.3, -0.25) is 9.36 Å². The number of hydrogen-bond donors (Lipinski definition) is 1. The molecule has 0 aliphatic carbocycles. The summed E-state index contributed by atoms with van der Waals surface area (Å²) < 4.78 is 46.2. The van der Waals surface area contributed by atoms with E-state index in [1.54, 1.807) is 48.5 Å². The van der Waals surface area contributed by atoms with Gasteiger partial charge in [0.25, 0.3) is 5.66 Å². The van der Waals surface area contributed by atoms with Crippen molar-refractivity contribution in [1.82, 2.24) is 9.55 Å². The van der Waals surface area contributed by atoms with E-state index in [2.05, 4.69) is 26.2 Å². The molecule has 2 heterocycles. The second-order valence-corrected chi connectivity index (χ2v) is 7.89. The van der Waals surface area contributed by atoms with Crippen LogP contribution in [0, 0.1) is 0 Å². The monoisotopic (exact) mass is 471 g/mol. The summed E-state index contributed by atoms with van der Waals surface area (Å²) >= 11 is 3.28. The SMILES string of the molecule is O=C1c2ccccc2-c2nc3ccccc3n2C1(Nc1ccc(Br)cc1)C(F)(F)F. The van der Waals surface area contributed by atoms with Gasteiger partial charge in [-0.15, -0.1) is 0 Å². The van der Waals surface area contributed by atoms with Crippen LogP contribution in [0.25, 0.3) is 22.4 Å². The standard InChI is InChI=1S/C22H13BrF3N3O/c23-13-9-11-14(12-10-13)28-21(22(24,25)26)19(30)15-5-1-2-6-16(15)20-27-17-7-3-4-8-18(17)29(20)21/h1-12,28H. The van der Waals surface area contributed by atoms with Crippen LogP contribution in [0.15, 0.2) is 77.3 Å². The molecule has 0 fully saturated rings. The summed E-state index contributed by atoms with van der Waals surface area (Å²) in [5.74, 6) is -0.988. The molecule has 8 heteroatoms. The number of imidazole rings is 1. The van der Waals surface area contributed by atoms with Gasteiger partial charge < -0.3 is 5.32 Å². The van der Waals surface area contributed by atoms with Crippen molar-refractivity contribution >= 4 is 38.4 Å². The maximum Gasteiger partial charge on any atom is 0.438 e. The molecule has 4 aromatic rings. The number of aromatic nitrogens is 2. The quantitative estimate of drug-likeness (QED) is 0.390. The Morgan fingerprint density at radius 3 is 2.23 bits per heavy atom. The van der Waals surface area contributed by atoms with Crippen molar-refractivity contribution in [2.75, 3.05) is 5.32 Å². The fourth-order valence-electron chi connectivity index (χ4n) is 3.90. The summed E-state index contributed by atoms with van der Waals surface area (Å²) in [5, 5.41) is 2.51. The van der Waals surface area contributed by atoms with E-state index < -0.39 is 17.6 Å². The highest BCUT2D eigenvalue weighted by Crippen LogP contribution is 2.48. The molecular weight excluding hydrogens is 459 g/mol. The zero-order valence-corrected chi connectivity index (χ0v) is 16.8. The number of anilines is 1. The second kappa shape index (κ2) is 6.43. The van der Waals surface area contributed by atoms with Gasteiger partial charge in [-0.05, 0) is 36.4 Å². The minimum absolute atomic E-state index is 0.0257. The number of halogens is 4. The summed E-state index contributed by atoms with van der Waals surface area (Å²) in [6.45, 7) is 0. The molecule has 3 aromatic carbocycles. The third-order valence-electron chi connectivity index (χ3n) is 5.22. The first kappa shape index (κ1) is 18.9. The van der Waals surface area contributed by atoms with Crippen molar-refractivity contribution in [2.24, 2.45) is 0 Å². The molecule has 0 saturated heterocycles. The van der Waals surface area contributed by atoms with E-state index in [1.807, 2.05) is 0 Å². The third-order valence-corrected chi connectivity index (χ3v) is 5.75. The Labute approximate surface area is 177 Å². The van der Waals surface area contributed by atoms with Gasteiger partial charge in [0.2, 0.25) is 5.78 Å². The van der Waals surface area contributed by atoms with E-state index in [0.717, 1.165) is 4.57 Å². The number of ketones is 1. The predicted molar refractivity (Wildman–Crippen MR) is 111 cm³/mol. The molecule has 1 aliphatic heterocycles. The van der Waals surface area contributed by atoms with Gasteiger partial charge in [0.1, 0.15) is 5.82 Å². The van der Waals surface area contributed by atoms with Crippen LogP contribution in [0.3, 0.4) is 0 Å². The number of alkyl halides is 3. The Morgan fingerprint density at radius 2 is 1.53 bits per heavy atom. The molecule has 0 radical (unpaired) electrons. The van der Waals surface area contributed by atoms with Gasteiger partial charge in [0.05, 0.1) is 11.0 Å². The number of hydrogen-bond acceptors (Lipinski definition) is 3. The Balaban J connectivity index is 1.89. The molecular formula is C22H13BrF3N3O. The summed E-state index contributed by atoms with van der Waals surface area (Å²) in [6.07, 6.45) is -4.96. The molecule has 0 spiro atoms. The van der Waals surface area contributed by atoms with E-state index in [1.165, 1.54) is 24.3 Å². The fraction of sp³-hybridized carbons (Fsp3) is 0.0909. The van der Waals surface area contributed by atoms with E-state index in [0.29, 0.717) is 15.6 Å². The normalized spacial score (nSPS) is 18.2. The third kappa shape index (κ3) is 2.53. The Kier molecular flexibility index (Phi) is 4.05. The highest BCUT2D eigenvalue weighted by atomic mass is 79.9. The minimum atomic E-state index is -4.96. The molecule has 150 valence electrons. The van der Waals surface area contributed by atoms with Gasteiger partial charge >= 0.3 is 6.18 Å². The largest absolute Gasteiger partial charge is 0.438 e. The molecule has 1 aromatic heterocycles. The Hall–Kier alpha value is -3.13. The van der Waals surface area contributed by atoms with Gasteiger partial charge in [0.15, 0.2) is 0 Å². The molecule has 1 atom stereocenters. The van der Waals surface area contributed by atoms with Crippen molar-refractivity contribution in [2.45, 2.75) is 11.8 Å². The Morgan fingerprint density at radius 1 is 0.900 bits per heavy atom. The summed E-state index contributed by atoms with van der Waals surface area (Å²) in [7, 11) is 0. The van der Waals surface area contributed by atoms with Crippen LogP contribution in [-0.4, -0.2) is 21.5 Å². The number of para-hydroxylation sites is 2. The van der Waals surface area contributed by atoms with Gasteiger partial charge in [0, 0.05) is 21.3 Å². The van der Waals surface area contributed by atoms with Gasteiger partial charge in [-0.1, -0.05) is 52.3 Å². The number of benzene rings is 3. The molecule has 1 aliphatic rings. The smallest absolute Gasteiger partial charge is 0.348 e. The summed E-state index contributed by atoms with van der Waals surface area (Å²) in [6, 6.07) is 19.0. The maximum absolute atomic E-state index is 14.8. The lowest BCUT2D eigenvalue weighted by Crippen LogP contribution is -2.61. The van der Waals surface area contributed by atoms with Crippen LogP contribution >= 0.6 is 15.9 Å². The summed E-state index contributed by atoms with van der Waals surface area (Å²) in [4.78, 5) is 18.0. The first-order valence-corrected chi connectivity index (χ1v) is 9.85. The van der Waals surface area contributed by atoms with Crippen LogP contribution < -0.4 is 5.32 Å². The lowest BCUT2D eigenvalue weighted by atomic mass is 9.88. The number of nitrogens with zero attached hydrogens (tertiary/aromatic N) is 2. The first-order valence-electron chi connectivity index (χ1n) is 9.05. The maximum atomic E-state index is 14.8. The number of rotatable bonds is 2. The molecule has 1 N–H and O–H groups in total. The minimum Gasteiger partial charge on any atom is -0.348 e. The van der Waals surface area contributed by atoms with Crippen LogP contribution in [0.2, 0.25) is 0 Å². The van der Waals surface area contributed by atoms with Crippen molar-refractivity contribution in [3.8, 4) is 11.4 Å². The highest BCUT2D eigenvalue weighted by molar-refractivity contribution is 9.10. The van der Waals surface area contributed by atoms with E-state index in [4.69, 9.17) is 0 Å². The lowest BCUT2D eigenvalue weighted by Gasteiger charge is -2.41. The molecule has 0 bridgehead atoms. The first-order chi connectivity index (χ1) is 14.3. The number of carbonyl (C=O) groups is 1. The molecule has 0 amide bonds. The number of fused-ring (bicyclic) bond motifs is 5. The van der Waals surface area contributed by atoms with Crippen molar-refractivity contribution in [3.05, 3.63) is 82.8 Å². The van der Waals surface area contributed by atoms with Crippen LogP contribution in [-0.2, 0) is 5.66 Å². The van der Waals surface area contributed by atoms with Crippen molar-refractivity contribution in [1.29, 1.82) is 0 Å². The van der Waals surface area contributed by atoms with Crippen molar-refractivity contribution in [3.63, 3.8) is 0 Å². The van der Waals surface area contributed by atoms with Crippen molar-refractivity contribution < 1.29 is 18.0 Å². The van der Waals surface area contributed by atoms with E-state index in [9.17, 15) is 18.0 Å². The van der Waals surface area contributed by atoms with Gasteiger partial charge in [-0.2, -0.15) is 13.2 Å². The average Bonchev–Trinajstić information content (AvgIpc) is 3.12. The van der Waals surface area contributed by atoms with Crippen LogP contribution in [0.1, 0.15) is 10.4 Å². The number of carbonyl (C=O) groups excluding carboxylic acids is 1. The molecule has 0 saturated carbocycles. The zero-order valence-electron chi connectivity index (χ0n) is 15.2. The fourth-order valence-corrected chi connectivity index (χ4v) is 4.16. The number of nitrogens with one attached hydrogen (secondary N) is 1. The summed E-state index contributed by atoms with van der Waals surface area (Å²) in [5.41, 5.74) is -1.94. The zero-order chi connectivity index (χ0) is 21.1. The van der Waals surface area contributed by atoms with E-state index >= 15 is 0 Å².